The van der Waals surface area contributed by atoms with Gasteiger partial charge in [0.2, 0.25) is 11.8 Å². The van der Waals surface area contributed by atoms with Gasteiger partial charge in [0.1, 0.15) is 5.82 Å². The molecule has 1 aromatic carbocycles. The van der Waals surface area contributed by atoms with Crippen molar-refractivity contribution in [1.29, 1.82) is 0 Å². The summed E-state index contributed by atoms with van der Waals surface area (Å²) in [6.45, 7) is 4.83. The molecule has 0 amide bonds. The van der Waals surface area contributed by atoms with E-state index in [1.807, 2.05) is 23.6 Å². The van der Waals surface area contributed by atoms with Crippen LogP contribution in [0.4, 0.5) is 0 Å². The summed E-state index contributed by atoms with van der Waals surface area (Å²) < 4.78 is 7.71. The van der Waals surface area contributed by atoms with E-state index in [1.165, 1.54) is 11.8 Å². The number of nitrogens with zero attached hydrogens (tertiary/aromatic N) is 5. The standard InChI is InChI=1S/C14H14ClN5OS/c1-3-20-9(2)16-19-14(20)22-8-12-17-18-13(21-12)10-4-6-11(15)7-5-10/h4-7H,3,8H2,1-2H3. The molecule has 0 aliphatic carbocycles. The molecule has 2 aromatic heterocycles. The maximum Gasteiger partial charge on any atom is 0.247 e. The molecule has 0 saturated heterocycles. The first kappa shape index (κ1) is 15.1. The van der Waals surface area contributed by atoms with Crippen LogP contribution >= 0.6 is 23.4 Å². The Morgan fingerprint density at radius 2 is 1.91 bits per heavy atom. The summed E-state index contributed by atoms with van der Waals surface area (Å²) in [4.78, 5) is 0. The van der Waals surface area contributed by atoms with E-state index in [1.54, 1.807) is 12.1 Å². The summed E-state index contributed by atoms with van der Waals surface area (Å²) in [5, 5.41) is 17.9. The van der Waals surface area contributed by atoms with Crippen LogP contribution in [0.5, 0.6) is 0 Å². The van der Waals surface area contributed by atoms with E-state index in [2.05, 4.69) is 27.3 Å². The zero-order chi connectivity index (χ0) is 15.5. The van der Waals surface area contributed by atoms with Crippen molar-refractivity contribution >= 4 is 23.4 Å². The second-order valence-electron chi connectivity index (χ2n) is 4.57. The Kier molecular flexibility index (Phi) is 4.44. The van der Waals surface area contributed by atoms with Crippen LogP contribution in [-0.2, 0) is 12.3 Å². The predicted octanol–water partition coefficient (Wildman–Crippen LogP) is 3.60. The highest BCUT2D eigenvalue weighted by atomic mass is 35.5. The lowest BCUT2D eigenvalue weighted by Crippen LogP contribution is -1.99. The average molecular weight is 336 g/mol. The van der Waals surface area contributed by atoms with Crippen LogP contribution in [0.1, 0.15) is 18.6 Å². The van der Waals surface area contributed by atoms with Gasteiger partial charge in [0, 0.05) is 17.1 Å². The van der Waals surface area contributed by atoms with Gasteiger partial charge in [-0.2, -0.15) is 0 Å². The van der Waals surface area contributed by atoms with Gasteiger partial charge in [-0.15, -0.1) is 20.4 Å². The number of hydrogen-bond acceptors (Lipinski definition) is 6. The fraction of sp³-hybridized carbons (Fsp3) is 0.286. The number of aryl methyl sites for hydroxylation is 1. The second kappa shape index (κ2) is 6.50. The molecule has 2 heterocycles. The third-order valence-electron chi connectivity index (χ3n) is 3.10. The number of thioether (sulfide) groups is 1. The Balaban J connectivity index is 1.70. The first-order valence-electron chi connectivity index (χ1n) is 6.78. The molecule has 114 valence electrons. The molecule has 22 heavy (non-hydrogen) atoms. The minimum absolute atomic E-state index is 0.486. The minimum atomic E-state index is 0.486. The minimum Gasteiger partial charge on any atom is -0.420 e. The van der Waals surface area contributed by atoms with Crippen LogP contribution in [0.15, 0.2) is 33.8 Å². The van der Waals surface area contributed by atoms with Gasteiger partial charge in [0.25, 0.3) is 0 Å². The fourth-order valence-electron chi connectivity index (χ4n) is 1.98. The van der Waals surface area contributed by atoms with Crippen molar-refractivity contribution < 1.29 is 4.42 Å². The van der Waals surface area contributed by atoms with E-state index in [0.717, 1.165) is 23.1 Å². The molecular formula is C14H14ClN5OS. The lowest BCUT2D eigenvalue weighted by atomic mass is 10.2. The lowest BCUT2D eigenvalue weighted by Gasteiger charge is -2.02. The van der Waals surface area contributed by atoms with Crippen molar-refractivity contribution in [3.63, 3.8) is 0 Å². The number of benzene rings is 1. The van der Waals surface area contributed by atoms with Crippen LogP contribution in [0.3, 0.4) is 0 Å². The molecule has 0 spiro atoms. The molecule has 6 nitrogen and oxygen atoms in total. The zero-order valence-electron chi connectivity index (χ0n) is 12.2. The average Bonchev–Trinajstić information content (AvgIpc) is 3.12. The zero-order valence-corrected chi connectivity index (χ0v) is 13.7. The first-order chi connectivity index (χ1) is 10.7. The molecular weight excluding hydrogens is 322 g/mol. The molecule has 0 saturated carbocycles. The fourth-order valence-corrected chi connectivity index (χ4v) is 2.99. The van der Waals surface area contributed by atoms with Gasteiger partial charge in [-0.3, -0.25) is 0 Å². The van der Waals surface area contributed by atoms with E-state index in [4.69, 9.17) is 16.0 Å². The maximum absolute atomic E-state index is 5.87. The Hall–Kier alpha value is -1.86. The van der Waals surface area contributed by atoms with Gasteiger partial charge in [0.05, 0.1) is 5.75 Å². The molecule has 3 rings (SSSR count). The van der Waals surface area contributed by atoms with Crippen LogP contribution in [0, 0.1) is 6.92 Å². The number of halogens is 1. The molecule has 8 heteroatoms. The van der Waals surface area contributed by atoms with Crippen molar-refractivity contribution in [1.82, 2.24) is 25.0 Å². The highest BCUT2D eigenvalue weighted by Gasteiger charge is 2.12. The molecule has 0 fully saturated rings. The number of aromatic nitrogens is 5. The van der Waals surface area contributed by atoms with Crippen LogP contribution in [0.2, 0.25) is 5.02 Å². The molecule has 0 aliphatic heterocycles. The molecule has 0 bridgehead atoms. The van der Waals surface area contributed by atoms with Gasteiger partial charge < -0.3 is 8.98 Å². The monoisotopic (exact) mass is 335 g/mol. The van der Waals surface area contributed by atoms with Crippen molar-refractivity contribution in [2.75, 3.05) is 0 Å². The van der Waals surface area contributed by atoms with E-state index in [9.17, 15) is 0 Å². The first-order valence-corrected chi connectivity index (χ1v) is 8.14. The van der Waals surface area contributed by atoms with Crippen molar-refractivity contribution in [3.05, 3.63) is 41.0 Å². The summed E-state index contributed by atoms with van der Waals surface area (Å²) in [7, 11) is 0. The van der Waals surface area contributed by atoms with Crippen LogP contribution < -0.4 is 0 Å². The van der Waals surface area contributed by atoms with Crippen LogP contribution in [0.25, 0.3) is 11.5 Å². The van der Waals surface area contributed by atoms with Gasteiger partial charge in [0.15, 0.2) is 5.16 Å². The SMILES string of the molecule is CCn1c(C)nnc1SCc1nnc(-c2ccc(Cl)cc2)o1. The molecule has 0 N–H and O–H groups in total. The summed E-state index contributed by atoms with van der Waals surface area (Å²) in [5.74, 6) is 2.50. The number of hydrogen-bond donors (Lipinski definition) is 0. The quantitative estimate of drug-likeness (QED) is 0.663. The van der Waals surface area contributed by atoms with Crippen molar-refractivity contribution in [3.8, 4) is 11.5 Å². The number of rotatable bonds is 5. The smallest absolute Gasteiger partial charge is 0.247 e. The summed E-state index contributed by atoms with van der Waals surface area (Å²) in [5.41, 5.74) is 0.848. The lowest BCUT2D eigenvalue weighted by molar-refractivity contribution is 0.528. The maximum atomic E-state index is 5.87. The molecule has 0 unspecified atom stereocenters. The Bertz CT molecular complexity index is 768. The Morgan fingerprint density at radius 1 is 1.14 bits per heavy atom. The highest BCUT2D eigenvalue weighted by molar-refractivity contribution is 7.98. The molecule has 0 radical (unpaired) electrons. The van der Waals surface area contributed by atoms with E-state index in [-0.39, 0.29) is 0 Å². The van der Waals surface area contributed by atoms with Crippen LogP contribution in [-0.4, -0.2) is 25.0 Å². The van der Waals surface area contributed by atoms with Gasteiger partial charge in [-0.05, 0) is 38.1 Å². The summed E-state index contributed by atoms with van der Waals surface area (Å²) >= 11 is 7.40. The predicted molar refractivity (Wildman–Crippen MR) is 84.7 cm³/mol. The largest absolute Gasteiger partial charge is 0.420 e. The van der Waals surface area contributed by atoms with Gasteiger partial charge in [-0.25, -0.2) is 0 Å². The van der Waals surface area contributed by atoms with Gasteiger partial charge in [-0.1, -0.05) is 23.4 Å². The van der Waals surface area contributed by atoms with E-state index >= 15 is 0 Å². The second-order valence-corrected chi connectivity index (χ2v) is 5.95. The third-order valence-corrected chi connectivity index (χ3v) is 4.30. The Labute approximate surface area is 136 Å². The molecule has 3 aromatic rings. The van der Waals surface area contributed by atoms with E-state index < -0.39 is 0 Å². The van der Waals surface area contributed by atoms with Crippen molar-refractivity contribution in [2.45, 2.75) is 31.3 Å². The highest BCUT2D eigenvalue weighted by Crippen LogP contribution is 2.24. The molecule has 0 aliphatic rings. The normalized spacial score (nSPS) is 11.0. The van der Waals surface area contributed by atoms with Crippen molar-refractivity contribution in [2.24, 2.45) is 0 Å². The third kappa shape index (κ3) is 3.15. The summed E-state index contributed by atoms with van der Waals surface area (Å²) in [6, 6.07) is 7.29. The van der Waals surface area contributed by atoms with Gasteiger partial charge >= 0.3 is 0 Å². The van der Waals surface area contributed by atoms with E-state index in [0.29, 0.717) is 22.6 Å². The Morgan fingerprint density at radius 3 is 2.64 bits per heavy atom. The topological polar surface area (TPSA) is 69.6 Å². The molecule has 0 atom stereocenters. The summed E-state index contributed by atoms with van der Waals surface area (Å²) in [6.07, 6.45) is 0.